The van der Waals surface area contributed by atoms with Crippen LogP contribution in [-0.4, -0.2) is 16.6 Å². The monoisotopic (exact) mass is 255 g/mol. The van der Waals surface area contributed by atoms with Gasteiger partial charge >= 0.3 is 5.97 Å². The van der Waals surface area contributed by atoms with Crippen LogP contribution in [0.15, 0.2) is 24.3 Å². The first-order valence-electron chi connectivity index (χ1n) is 5.71. The fourth-order valence-corrected chi connectivity index (χ4v) is 1.80. The zero-order valence-electron chi connectivity index (χ0n) is 10.2. The average Bonchev–Trinajstić information content (AvgIpc) is 2.28. The number of carboxylic acids is 1. The van der Waals surface area contributed by atoms with Gasteiger partial charge in [-0.3, -0.25) is 10.1 Å². The first-order chi connectivity index (χ1) is 7.98. The molecule has 0 fully saturated rings. The predicted molar refractivity (Wildman–Crippen MR) is 69.2 cm³/mol. The van der Waals surface area contributed by atoms with Crippen molar-refractivity contribution in [2.75, 3.05) is 0 Å². The number of halogens is 1. The van der Waals surface area contributed by atoms with Crippen molar-refractivity contribution in [2.24, 2.45) is 0 Å². The van der Waals surface area contributed by atoms with Gasteiger partial charge in [-0.15, -0.1) is 0 Å². The Bertz CT molecular complexity index is 378. The molecule has 2 N–H and O–H groups in total. The highest BCUT2D eigenvalue weighted by molar-refractivity contribution is 6.30. The molecule has 17 heavy (non-hydrogen) atoms. The highest BCUT2D eigenvalue weighted by Crippen LogP contribution is 2.15. The van der Waals surface area contributed by atoms with E-state index in [1.54, 1.807) is 19.1 Å². The number of carboxylic acid groups (broad SMARTS) is 1. The summed E-state index contributed by atoms with van der Waals surface area (Å²) in [6.45, 7) is 4.22. The van der Waals surface area contributed by atoms with Gasteiger partial charge in [-0.25, -0.2) is 0 Å². The van der Waals surface area contributed by atoms with Gasteiger partial charge in [0.1, 0.15) is 5.54 Å². The van der Waals surface area contributed by atoms with Gasteiger partial charge in [0.25, 0.3) is 0 Å². The van der Waals surface area contributed by atoms with E-state index in [2.05, 4.69) is 5.32 Å². The molecule has 0 aromatic heterocycles. The molecule has 0 bridgehead atoms. The molecule has 1 aromatic carbocycles. The summed E-state index contributed by atoms with van der Waals surface area (Å²) in [4.78, 5) is 11.2. The van der Waals surface area contributed by atoms with Crippen LogP contribution in [-0.2, 0) is 11.3 Å². The molecule has 94 valence electrons. The highest BCUT2D eigenvalue weighted by atomic mass is 35.5. The molecule has 0 saturated carbocycles. The van der Waals surface area contributed by atoms with Crippen molar-refractivity contribution in [3.8, 4) is 0 Å². The smallest absolute Gasteiger partial charge is 0.323 e. The molecule has 0 saturated heterocycles. The molecule has 1 unspecified atom stereocenters. The molecular weight excluding hydrogens is 238 g/mol. The Morgan fingerprint density at radius 2 is 2.00 bits per heavy atom. The third-order valence-corrected chi connectivity index (χ3v) is 3.07. The Kier molecular flexibility index (Phi) is 4.97. The van der Waals surface area contributed by atoms with Gasteiger partial charge in [-0.05, 0) is 31.0 Å². The predicted octanol–water partition coefficient (Wildman–Crippen LogP) is 3.07. The molecule has 0 spiro atoms. The molecule has 0 heterocycles. The van der Waals surface area contributed by atoms with Gasteiger partial charge in [0.2, 0.25) is 0 Å². The van der Waals surface area contributed by atoms with Crippen molar-refractivity contribution in [3.05, 3.63) is 34.9 Å². The number of aliphatic carboxylic acids is 1. The number of carbonyl (C=O) groups is 1. The largest absolute Gasteiger partial charge is 0.480 e. The molecule has 1 rings (SSSR count). The fourth-order valence-electron chi connectivity index (χ4n) is 1.67. The average molecular weight is 256 g/mol. The number of hydrogen-bond donors (Lipinski definition) is 2. The Morgan fingerprint density at radius 1 is 1.41 bits per heavy atom. The minimum Gasteiger partial charge on any atom is -0.480 e. The minimum atomic E-state index is -0.867. The van der Waals surface area contributed by atoms with Crippen LogP contribution in [0.3, 0.4) is 0 Å². The zero-order chi connectivity index (χ0) is 12.9. The van der Waals surface area contributed by atoms with Gasteiger partial charge in [-0.2, -0.15) is 0 Å². The molecule has 1 atom stereocenters. The lowest BCUT2D eigenvalue weighted by Crippen LogP contribution is -2.48. The molecule has 4 heteroatoms. The van der Waals surface area contributed by atoms with E-state index >= 15 is 0 Å². The Balaban J connectivity index is 2.64. The summed E-state index contributed by atoms with van der Waals surface area (Å²) in [5.41, 5.74) is 0.159. The number of hydrogen-bond acceptors (Lipinski definition) is 2. The number of rotatable bonds is 6. The summed E-state index contributed by atoms with van der Waals surface area (Å²) >= 11 is 5.79. The maximum atomic E-state index is 11.2. The van der Waals surface area contributed by atoms with E-state index in [9.17, 15) is 9.90 Å². The van der Waals surface area contributed by atoms with Crippen LogP contribution in [0.5, 0.6) is 0 Å². The number of nitrogens with one attached hydrogen (secondary N) is 1. The zero-order valence-corrected chi connectivity index (χ0v) is 10.9. The molecule has 0 amide bonds. The molecule has 0 aliphatic heterocycles. The van der Waals surface area contributed by atoms with Crippen molar-refractivity contribution in [1.29, 1.82) is 0 Å². The highest BCUT2D eigenvalue weighted by Gasteiger charge is 2.31. The summed E-state index contributed by atoms with van der Waals surface area (Å²) in [6, 6.07) is 7.39. The molecule has 1 aromatic rings. The molecule has 0 radical (unpaired) electrons. The van der Waals surface area contributed by atoms with Crippen LogP contribution < -0.4 is 5.32 Å². The number of benzene rings is 1. The van der Waals surface area contributed by atoms with Gasteiger partial charge in [0.15, 0.2) is 0 Å². The SMILES string of the molecule is CCCC(C)(NCc1ccc(Cl)cc1)C(=O)O. The van der Waals surface area contributed by atoms with Crippen LogP contribution in [0.25, 0.3) is 0 Å². The first kappa shape index (κ1) is 14.0. The molecule has 0 aliphatic carbocycles. The van der Waals surface area contributed by atoms with Crippen molar-refractivity contribution in [2.45, 2.75) is 38.8 Å². The fraction of sp³-hybridized carbons (Fsp3) is 0.462. The molecule has 3 nitrogen and oxygen atoms in total. The summed E-state index contributed by atoms with van der Waals surface area (Å²) in [6.07, 6.45) is 1.44. The van der Waals surface area contributed by atoms with E-state index < -0.39 is 11.5 Å². The second-order valence-corrected chi connectivity index (χ2v) is 4.80. The summed E-state index contributed by atoms with van der Waals surface area (Å²) in [5.74, 6) is -0.812. The van der Waals surface area contributed by atoms with Gasteiger partial charge in [-0.1, -0.05) is 37.1 Å². The van der Waals surface area contributed by atoms with Crippen molar-refractivity contribution < 1.29 is 9.90 Å². The quantitative estimate of drug-likeness (QED) is 0.821. The van der Waals surface area contributed by atoms with Crippen molar-refractivity contribution >= 4 is 17.6 Å². The Morgan fingerprint density at radius 3 is 2.47 bits per heavy atom. The normalized spacial score (nSPS) is 14.3. The van der Waals surface area contributed by atoms with Gasteiger partial charge < -0.3 is 5.11 Å². The second-order valence-electron chi connectivity index (χ2n) is 4.37. The van der Waals surface area contributed by atoms with Crippen LogP contribution in [0.2, 0.25) is 5.02 Å². The molecule has 0 aliphatic rings. The van der Waals surface area contributed by atoms with Gasteiger partial charge in [0, 0.05) is 11.6 Å². The van der Waals surface area contributed by atoms with E-state index in [-0.39, 0.29) is 0 Å². The summed E-state index contributed by atoms with van der Waals surface area (Å²) in [7, 11) is 0. The van der Waals surface area contributed by atoms with Crippen LogP contribution in [0, 0.1) is 0 Å². The van der Waals surface area contributed by atoms with E-state index in [1.165, 1.54) is 0 Å². The maximum Gasteiger partial charge on any atom is 0.323 e. The second kappa shape index (κ2) is 6.03. The maximum absolute atomic E-state index is 11.2. The van der Waals surface area contributed by atoms with Crippen molar-refractivity contribution in [1.82, 2.24) is 5.32 Å². The lowest BCUT2D eigenvalue weighted by atomic mass is 9.96. The van der Waals surface area contributed by atoms with E-state index in [0.717, 1.165) is 12.0 Å². The van der Waals surface area contributed by atoms with Crippen LogP contribution in [0.4, 0.5) is 0 Å². The van der Waals surface area contributed by atoms with Gasteiger partial charge in [0.05, 0.1) is 0 Å². The first-order valence-corrected chi connectivity index (χ1v) is 6.08. The standard InChI is InChI=1S/C13H18ClNO2/c1-3-8-13(2,12(16)17)15-9-10-4-6-11(14)7-5-10/h4-7,15H,3,8-9H2,1-2H3,(H,16,17). The summed E-state index contributed by atoms with van der Waals surface area (Å²) in [5, 5.41) is 13.0. The van der Waals surface area contributed by atoms with E-state index in [0.29, 0.717) is 18.0 Å². The molecular formula is C13H18ClNO2. The van der Waals surface area contributed by atoms with E-state index in [1.807, 2.05) is 19.1 Å². The topological polar surface area (TPSA) is 49.3 Å². The lowest BCUT2D eigenvalue weighted by Gasteiger charge is -2.25. The van der Waals surface area contributed by atoms with Crippen LogP contribution >= 0.6 is 11.6 Å². The Labute approximate surface area is 107 Å². The van der Waals surface area contributed by atoms with Crippen LogP contribution in [0.1, 0.15) is 32.3 Å². The lowest BCUT2D eigenvalue weighted by molar-refractivity contribution is -0.144. The van der Waals surface area contributed by atoms with E-state index in [4.69, 9.17) is 11.6 Å². The third kappa shape index (κ3) is 4.02. The Hall–Kier alpha value is -1.06. The summed E-state index contributed by atoms with van der Waals surface area (Å²) < 4.78 is 0. The van der Waals surface area contributed by atoms with Crippen molar-refractivity contribution in [3.63, 3.8) is 0 Å². The minimum absolute atomic E-state index is 0.528. The third-order valence-electron chi connectivity index (χ3n) is 2.82.